The molecule has 2 aromatic rings. The molecule has 1 amide bonds. The topological polar surface area (TPSA) is 50.8 Å². The van der Waals surface area contributed by atoms with Crippen molar-refractivity contribution >= 4 is 5.91 Å². The lowest BCUT2D eigenvalue weighted by Gasteiger charge is -2.31. The predicted octanol–water partition coefficient (Wildman–Crippen LogP) is 3.66. The molecule has 2 aromatic carbocycles. The number of benzene rings is 2. The summed E-state index contributed by atoms with van der Waals surface area (Å²) in [5, 5.41) is 3.02. The molecule has 1 aliphatic heterocycles. The Hall–Kier alpha value is -2.53. The Morgan fingerprint density at radius 1 is 1.00 bits per heavy atom. The van der Waals surface area contributed by atoms with Crippen LogP contribution in [-0.2, 0) is 17.8 Å². The second-order valence-corrected chi connectivity index (χ2v) is 7.71. The number of ether oxygens (including phenoxy) is 2. The maximum Gasteiger partial charge on any atom is 0.234 e. The number of amides is 1. The first-order chi connectivity index (χ1) is 14.2. The summed E-state index contributed by atoms with van der Waals surface area (Å²) in [6, 6.07) is 16.4. The van der Waals surface area contributed by atoms with E-state index in [1.807, 2.05) is 18.2 Å². The van der Waals surface area contributed by atoms with E-state index in [-0.39, 0.29) is 5.91 Å². The number of methoxy groups -OCH3 is 2. The fourth-order valence-electron chi connectivity index (χ4n) is 3.90. The summed E-state index contributed by atoms with van der Waals surface area (Å²) >= 11 is 0. The van der Waals surface area contributed by atoms with Crippen molar-refractivity contribution in [3.63, 3.8) is 0 Å². The molecule has 1 saturated heterocycles. The molecule has 1 aliphatic rings. The monoisotopic (exact) mass is 396 g/mol. The Labute approximate surface area is 174 Å². The van der Waals surface area contributed by atoms with Gasteiger partial charge < -0.3 is 14.8 Å². The van der Waals surface area contributed by atoms with Gasteiger partial charge in [-0.3, -0.25) is 9.69 Å². The Morgan fingerprint density at radius 3 is 2.41 bits per heavy atom. The molecule has 0 atom stereocenters. The summed E-state index contributed by atoms with van der Waals surface area (Å²) in [5.41, 5.74) is 2.42. The van der Waals surface area contributed by atoms with Gasteiger partial charge in [0, 0.05) is 6.54 Å². The molecule has 0 aliphatic carbocycles. The SMILES string of the molecule is COc1ccc(CNC(=O)CN2CCC(CCc3ccccc3)CC2)cc1OC. The van der Waals surface area contributed by atoms with Gasteiger partial charge in [0.25, 0.3) is 0 Å². The van der Waals surface area contributed by atoms with Gasteiger partial charge in [-0.15, -0.1) is 0 Å². The molecule has 1 N–H and O–H groups in total. The van der Waals surface area contributed by atoms with E-state index in [0.717, 1.165) is 31.0 Å². The van der Waals surface area contributed by atoms with Crippen LogP contribution in [0.3, 0.4) is 0 Å². The lowest BCUT2D eigenvalue weighted by Crippen LogP contribution is -2.41. The highest BCUT2D eigenvalue weighted by molar-refractivity contribution is 5.78. The normalized spacial score (nSPS) is 15.1. The van der Waals surface area contributed by atoms with Crippen molar-refractivity contribution in [3.05, 3.63) is 59.7 Å². The van der Waals surface area contributed by atoms with Gasteiger partial charge in [-0.2, -0.15) is 0 Å². The maximum atomic E-state index is 12.3. The Bertz CT molecular complexity index is 771. The molecule has 0 radical (unpaired) electrons. The van der Waals surface area contributed by atoms with Crippen molar-refractivity contribution in [2.24, 2.45) is 5.92 Å². The second kappa shape index (κ2) is 10.9. The molecule has 0 saturated carbocycles. The first kappa shape index (κ1) is 21.2. The van der Waals surface area contributed by atoms with Crippen LogP contribution in [0.5, 0.6) is 11.5 Å². The fraction of sp³-hybridized carbons (Fsp3) is 0.458. The molecular weight excluding hydrogens is 364 g/mol. The molecule has 29 heavy (non-hydrogen) atoms. The molecule has 3 rings (SSSR count). The average Bonchev–Trinajstić information content (AvgIpc) is 2.77. The van der Waals surface area contributed by atoms with E-state index in [1.165, 1.54) is 24.8 Å². The van der Waals surface area contributed by atoms with Crippen LogP contribution in [0, 0.1) is 5.92 Å². The van der Waals surface area contributed by atoms with E-state index < -0.39 is 0 Å². The van der Waals surface area contributed by atoms with Gasteiger partial charge in [0.15, 0.2) is 11.5 Å². The minimum atomic E-state index is 0.0718. The van der Waals surface area contributed by atoms with E-state index in [9.17, 15) is 4.79 Å². The number of nitrogens with one attached hydrogen (secondary N) is 1. The van der Waals surface area contributed by atoms with E-state index in [1.54, 1.807) is 14.2 Å². The average molecular weight is 397 g/mol. The summed E-state index contributed by atoms with van der Waals surface area (Å²) in [6.07, 6.45) is 4.74. The van der Waals surface area contributed by atoms with Crippen LogP contribution in [0.15, 0.2) is 48.5 Å². The van der Waals surface area contributed by atoms with Crippen LogP contribution >= 0.6 is 0 Å². The van der Waals surface area contributed by atoms with Crippen molar-refractivity contribution in [2.45, 2.75) is 32.2 Å². The van der Waals surface area contributed by atoms with Crippen molar-refractivity contribution in [3.8, 4) is 11.5 Å². The zero-order valence-corrected chi connectivity index (χ0v) is 17.5. The predicted molar refractivity (Wildman–Crippen MR) is 115 cm³/mol. The van der Waals surface area contributed by atoms with Crippen LogP contribution in [0.4, 0.5) is 0 Å². The largest absolute Gasteiger partial charge is 0.493 e. The van der Waals surface area contributed by atoms with Crippen LogP contribution in [0.2, 0.25) is 0 Å². The van der Waals surface area contributed by atoms with Crippen LogP contribution in [-0.4, -0.2) is 44.7 Å². The zero-order chi connectivity index (χ0) is 20.5. The summed E-state index contributed by atoms with van der Waals surface area (Å²) in [7, 11) is 3.23. The Kier molecular flexibility index (Phi) is 7.94. The van der Waals surface area contributed by atoms with E-state index in [2.05, 4.69) is 40.5 Å². The molecule has 0 bridgehead atoms. The van der Waals surface area contributed by atoms with Crippen molar-refractivity contribution < 1.29 is 14.3 Å². The number of hydrogen-bond acceptors (Lipinski definition) is 4. The lowest BCUT2D eigenvalue weighted by atomic mass is 9.90. The maximum absolute atomic E-state index is 12.3. The number of carbonyl (C=O) groups excluding carboxylic acids is 1. The second-order valence-electron chi connectivity index (χ2n) is 7.71. The van der Waals surface area contributed by atoms with Crippen molar-refractivity contribution in [2.75, 3.05) is 33.9 Å². The minimum absolute atomic E-state index is 0.0718. The first-order valence-corrected chi connectivity index (χ1v) is 10.4. The third-order valence-electron chi connectivity index (χ3n) is 5.70. The smallest absolute Gasteiger partial charge is 0.234 e. The third kappa shape index (κ3) is 6.50. The number of rotatable bonds is 9. The first-order valence-electron chi connectivity index (χ1n) is 10.4. The highest BCUT2D eigenvalue weighted by atomic mass is 16.5. The molecule has 5 heteroatoms. The Morgan fingerprint density at radius 2 is 1.72 bits per heavy atom. The summed E-state index contributed by atoms with van der Waals surface area (Å²) in [5.74, 6) is 2.21. The molecule has 1 fully saturated rings. The van der Waals surface area contributed by atoms with Crippen LogP contribution in [0.25, 0.3) is 0 Å². The van der Waals surface area contributed by atoms with Crippen LogP contribution < -0.4 is 14.8 Å². The number of piperidine rings is 1. The number of aryl methyl sites for hydroxylation is 1. The number of likely N-dealkylation sites (tertiary alicyclic amines) is 1. The fourth-order valence-corrected chi connectivity index (χ4v) is 3.90. The Balaban J connectivity index is 1.36. The summed E-state index contributed by atoms with van der Waals surface area (Å²) < 4.78 is 10.6. The quantitative estimate of drug-likeness (QED) is 0.703. The number of hydrogen-bond donors (Lipinski definition) is 1. The highest BCUT2D eigenvalue weighted by Gasteiger charge is 2.20. The van der Waals surface area contributed by atoms with Gasteiger partial charge in [0.05, 0.1) is 20.8 Å². The molecule has 5 nitrogen and oxygen atoms in total. The zero-order valence-electron chi connectivity index (χ0n) is 17.5. The van der Waals surface area contributed by atoms with Crippen LogP contribution in [0.1, 0.15) is 30.4 Å². The van der Waals surface area contributed by atoms with Gasteiger partial charge in [-0.25, -0.2) is 0 Å². The molecule has 0 spiro atoms. The highest BCUT2D eigenvalue weighted by Crippen LogP contribution is 2.27. The van der Waals surface area contributed by atoms with Gasteiger partial charge >= 0.3 is 0 Å². The number of nitrogens with zero attached hydrogens (tertiary/aromatic N) is 1. The minimum Gasteiger partial charge on any atom is -0.493 e. The molecule has 156 valence electrons. The van der Waals surface area contributed by atoms with Crippen molar-refractivity contribution in [1.82, 2.24) is 10.2 Å². The molecule has 0 aromatic heterocycles. The third-order valence-corrected chi connectivity index (χ3v) is 5.70. The lowest BCUT2D eigenvalue weighted by molar-refractivity contribution is -0.122. The van der Waals surface area contributed by atoms with E-state index in [4.69, 9.17) is 9.47 Å². The van der Waals surface area contributed by atoms with E-state index >= 15 is 0 Å². The standard InChI is InChI=1S/C24H32N2O3/c1-28-22-11-10-21(16-23(22)29-2)17-25-24(27)18-26-14-12-20(13-15-26)9-8-19-6-4-3-5-7-19/h3-7,10-11,16,20H,8-9,12-15,17-18H2,1-2H3,(H,25,27). The van der Waals surface area contributed by atoms with Gasteiger partial charge in [-0.1, -0.05) is 36.4 Å². The summed E-state index contributed by atoms with van der Waals surface area (Å²) in [4.78, 5) is 14.6. The molecule has 0 unspecified atom stereocenters. The van der Waals surface area contributed by atoms with E-state index in [0.29, 0.717) is 24.6 Å². The molecular formula is C24H32N2O3. The van der Waals surface area contributed by atoms with Gasteiger partial charge in [0.1, 0.15) is 0 Å². The van der Waals surface area contributed by atoms with Gasteiger partial charge in [-0.05, 0) is 68.0 Å². The summed E-state index contributed by atoms with van der Waals surface area (Å²) in [6.45, 7) is 2.97. The molecule has 1 heterocycles. The van der Waals surface area contributed by atoms with Gasteiger partial charge in [0.2, 0.25) is 5.91 Å². The number of carbonyl (C=O) groups is 1. The van der Waals surface area contributed by atoms with Crippen molar-refractivity contribution in [1.29, 1.82) is 0 Å².